The number of rotatable bonds is 5. The fourth-order valence-electron chi connectivity index (χ4n) is 1.54. The van der Waals surface area contributed by atoms with Gasteiger partial charge in [0.05, 0.1) is 17.0 Å². The van der Waals surface area contributed by atoms with Crippen LogP contribution in [0.3, 0.4) is 0 Å². The molecule has 0 aliphatic heterocycles. The molecule has 1 aromatic rings. The Morgan fingerprint density at radius 2 is 1.75 bits per heavy atom. The molecule has 0 spiro atoms. The van der Waals surface area contributed by atoms with E-state index in [0.717, 1.165) is 4.72 Å². The van der Waals surface area contributed by atoms with Crippen LogP contribution in [0.25, 0.3) is 0 Å². The fraction of sp³-hybridized carbons (Fsp3) is 0.364. The minimum absolute atomic E-state index is 0.0544. The smallest absolute Gasteiger partial charge is 0.416 e. The highest BCUT2D eigenvalue weighted by molar-refractivity contribution is 7.89. The first-order valence-electron chi connectivity index (χ1n) is 5.82. The van der Waals surface area contributed by atoms with Crippen LogP contribution in [-0.4, -0.2) is 31.7 Å². The number of carbonyl (C=O) groups is 1. The predicted octanol–water partition coefficient (Wildman–Crippen LogP) is 3.04. The second kappa shape index (κ2) is 6.76. The van der Waals surface area contributed by atoms with Gasteiger partial charge in [0.25, 0.3) is 0 Å². The number of aliphatic carboxylic acids is 1. The van der Waals surface area contributed by atoms with Gasteiger partial charge in [0.1, 0.15) is 10.9 Å². The van der Waals surface area contributed by atoms with Crippen LogP contribution >= 0.6 is 11.6 Å². The highest BCUT2D eigenvalue weighted by Crippen LogP contribution is 2.34. The lowest BCUT2D eigenvalue weighted by Crippen LogP contribution is -2.46. The van der Waals surface area contributed by atoms with Gasteiger partial charge in [-0.3, -0.25) is 4.79 Å². The molecule has 0 bridgehead atoms. The van der Waals surface area contributed by atoms with Crippen molar-refractivity contribution in [2.24, 2.45) is 0 Å². The number of nitrogens with one attached hydrogen (secondary N) is 1. The standard InChI is InChI=1S/C11H8ClF6NO4S/c12-6-2-1-5(10(13,14)15)3-7(6)24(22,23)19-8(4-9(20)21)11(16,17)18/h1-3,8,19H,4H2,(H,20,21)/t8-/m1/s1. The van der Waals surface area contributed by atoms with Gasteiger partial charge in [-0.15, -0.1) is 0 Å². The molecule has 0 unspecified atom stereocenters. The van der Waals surface area contributed by atoms with Gasteiger partial charge >= 0.3 is 18.3 Å². The zero-order valence-corrected chi connectivity index (χ0v) is 12.8. The highest BCUT2D eigenvalue weighted by atomic mass is 35.5. The van der Waals surface area contributed by atoms with Crippen LogP contribution in [0.2, 0.25) is 5.02 Å². The summed E-state index contributed by atoms with van der Waals surface area (Å²) in [7, 11) is -5.17. The molecule has 5 nitrogen and oxygen atoms in total. The molecule has 0 aliphatic rings. The third kappa shape index (κ3) is 5.24. The van der Waals surface area contributed by atoms with E-state index in [0.29, 0.717) is 12.1 Å². The van der Waals surface area contributed by atoms with Crippen molar-refractivity contribution in [1.29, 1.82) is 0 Å². The zero-order chi connectivity index (χ0) is 18.9. The van der Waals surface area contributed by atoms with Crippen molar-refractivity contribution >= 4 is 27.6 Å². The van der Waals surface area contributed by atoms with Crippen LogP contribution in [0, 0.1) is 0 Å². The van der Waals surface area contributed by atoms with Gasteiger partial charge < -0.3 is 5.11 Å². The van der Waals surface area contributed by atoms with Gasteiger partial charge in [-0.1, -0.05) is 11.6 Å². The van der Waals surface area contributed by atoms with E-state index in [1.807, 2.05) is 0 Å². The van der Waals surface area contributed by atoms with E-state index in [2.05, 4.69) is 0 Å². The molecular weight excluding hydrogens is 392 g/mol. The number of hydrogen-bond donors (Lipinski definition) is 2. The third-order valence-corrected chi connectivity index (χ3v) is 4.57. The molecule has 0 aromatic heterocycles. The summed E-state index contributed by atoms with van der Waals surface area (Å²) >= 11 is 5.45. The molecule has 1 aromatic carbocycles. The van der Waals surface area contributed by atoms with Crippen LogP contribution in [0.5, 0.6) is 0 Å². The molecule has 2 N–H and O–H groups in total. The Bertz CT molecular complexity index is 731. The van der Waals surface area contributed by atoms with Crippen molar-refractivity contribution in [3.05, 3.63) is 28.8 Å². The molecule has 13 heteroatoms. The van der Waals surface area contributed by atoms with Gasteiger partial charge in [-0.2, -0.15) is 31.1 Å². The topological polar surface area (TPSA) is 83.5 Å². The van der Waals surface area contributed by atoms with E-state index >= 15 is 0 Å². The van der Waals surface area contributed by atoms with Crippen molar-refractivity contribution in [1.82, 2.24) is 4.72 Å². The van der Waals surface area contributed by atoms with Crippen LogP contribution in [0.4, 0.5) is 26.3 Å². The Kier molecular flexibility index (Phi) is 5.78. The largest absolute Gasteiger partial charge is 0.481 e. The second-order valence-electron chi connectivity index (χ2n) is 4.46. The van der Waals surface area contributed by atoms with Crippen molar-refractivity contribution < 1.29 is 44.7 Å². The summed E-state index contributed by atoms with van der Waals surface area (Å²) in [6.45, 7) is 0. The van der Waals surface area contributed by atoms with Gasteiger partial charge in [-0.05, 0) is 18.2 Å². The minimum atomic E-state index is -5.28. The average Bonchev–Trinajstić information content (AvgIpc) is 2.34. The van der Waals surface area contributed by atoms with Crippen molar-refractivity contribution in [2.45, 2.75) is 29.7 Å². The first-order valence-corrected chi connectivity index (χ1v) is 7.68. The maximum absolute atomic E-state index is 12.7. The van der Waals surface area contributed by atoms with Crippen molar-refractivity contribution in [3.63, 3.8) is 0 Å². The molecule has 0 amide bonds. The Morgan fingerprint density at radius 3 is 2.17 bits per heavy atom. The molecule has 1 atom stereocenters. The summed E-state index contributed by atoms with van der Waals surface area (Å²) in [6.07, 6.45) is -11.9. The van der Waals surface area contributed by atoms with Crippen molar-refractivity contribution in [3.8, 4) is 0 Å². The number of halogens is 7. The molecule has 0 saturated carbocycles. The van der Waals surface area contributed by atoms with Gasteiger partial charge in [-0.25, -0.2) is 8.42 Å². The average molecular weight is 400 g/mol. The van der Waals surface area contributed by atoms with Crippen LogP contribution in [-0.2, 0) is 21.0 Å². The number of sulfonamides is 1. The fourth-order valence-corrected chi connectivity index (χ4v) is 3.28. The first kappa shape index (κ1) is 20.5. The quantitative estimate of drug-likeness (QED) is 0.745. The van der Waals surface area contributed by atoms with E-state index in [1.54, 1.807) is 0 Å². The number of alkyl halides is 6. The van der Waals surface area contributed by atoms with E-state index < -0.39 is 56.3 Å². The summed E-state index contributed by atoms with van der Waals surface area (Å²) in [5.74, 6) is -1.96. The SMILES string of the molecule is O=C(O)C[C@@H](NS(=O)(=O)c1cc(C(F)(F)F)ccc1Cl)C(F)(F)F. The maximum Gasteiger partial charge on any atom is 0.416 e. The number of benzene rings is 1. The lowest BCUT2D eigenvalue weighted by Gasteiger charge is -2.20. The first-order chi connectivity index (χ1) is 10.6. The highest BCUT2D eigenvalue weighted by Gasteiger charge is 2.44. The van der Waals surface area contributed by atoms with Crippen molar-refractivity contribution in [2.75, 3.05) is 0 Å². The summed E-state index contributed by atoms with van der Waals surface area (Å²) < 4.78 is 101. The van der Waals surface area contributed by atoms with Crippen LogP contribution in [0.15, 0.2) is 23.1 Å². The van der Waals surface area contributed by atoms with Gasteiger partial charge in [0.2, 0.25) is 10.0 Å². The van der Waals surface area contributed by atoms with Crippen LogP contribution < -0.4 is 4.72 Å². The number of carboxylic acid groups (broad SMARTS) is 1. The molecule has 0 aliphatic carbocycles. The normalized spacial score (nSPS) is 14.5. The van der Waals surface area contributed by atoms with E-state index in [4.69, 9.17) is 16.7 Å². The lowest BCUT2D eigenvalue weighted by molar-refractivity contribution is -0.163. The molecule has 1 rings (SSSR count). The van der Waals surface area contributed by atoms with E-state index in [9.17, 15) is 39.6 Å². The summed E-state index contributed by atoms with van der Waals surface area (Å²) in [5, 5.41) is 7.65. The minimum Gasteiger partial charge on any atom is -0.481 e. The molecule has 0 fully saturated rings. The second-order valence-corrected chi connectivity index (χ2v) is 6.55. The van der Waals surface area contributed by atoms with Gasteiger partial charge in [0, 0.05) is 0 Å². The number of carboxylic acids is 1. The van der Waals surface area contributed by atoms with Gasteiger partial charge in [0.15, 0.2) is 0 Å². The third-order valence-electron chi connectivity index (χ3n) is 2.62. The van der Waals surface area contributed by atoms with E-state index in [1.165, 1.54) is 0 Å². The molecule has 0 heterocycles. The number of hydrogen-bond acceptors (Lipinski definition) is 3. The van der Waals surface area contributed by atoms with Crippen LogP contribution in [0.1, 0.15) is 12.0 Å². The predicted molar refractivity (Wildman–Crippen MR) is 68.9 cm³/mol. The Hall–Kier alpha value is -1.53. The summed E-state index contributed by atoms with van der Waals surface area (Å²) in [6, 6.07) is -1.98. The molecular formula is C11H8ClF6NO4S. The molecule has 0 saturated heterocycles. The zero-order valence-electron chi connectivity index (χ0n) is 11.2. The Balaban J connectivity index is 3.31. The lowest BCUT2D eigenvalue weighted by atomic mass is 10.2. The molecule has 136 valence electrons. The maximum atomic E-state index is 12.7. The Morgan fingerprint density at radius 1 is 1.21 bits per heavy atom. The Labute approximate surface area is 136 Å². The summed E-state index contributed by atoms with van der Waals surface area (Å²) in [4.78, 5) is 9.17. The van der Waals surface area contributed by atoms with E-state index in [-0.39, 0.29) is 6.07 Å². The molecule has 24 heavy (non-hydrogen) atoms. The monoisotopic (exact) mass is 399 g/mol. The molecule has 0 radical (unpaired) electrons. The summed E-state index contributed by atoms with van der Waals surface area (Å²) in [5.41, 5.74) is -1.45.